The first kappa shape index (κ1) is 16.1. The molecule has 1 aromatic rings. The number of rotatable bonds is 4. The Hall–Kier alpha value is -1.28. The van der Waals surface area contributed by atoms with Crippen LogP contribution in [0.2, 0.25) is 0 Å². The lowest BCUT2D eigenvalue weighted by molar-refractivity contribution is -0.353. The number of benzene rings is 1. The van der Waals surface area contributed by atoms with Crippen LogP contribution in [-0.4, -0.2) is 25.5 Å². The fourth-order valence-corrected chi connectivity index (χ4v) is 2.48. The normalized spacial score (nSPS) is 21.6. The SMILES string of the molecule is COc1ccc(NC(=O)C2CC(OC(F)(F)F)C2)c(Br)c1. The average molecular weight is 368 g/mol. The van der Waals surface area contributed by atoms with E-state index in [9.17, 15) is 18.0 Å². The second-order valence-corrected chi connectivity index (χ2v) is 5.54. The zero-order valence-electron chi connectivity index (χ0n) is 11.0. The highest BCUT2D eigenvalue weighted by atomic mass is 79.9. The van der Waals surface area contributed by atoms with Crippen LogP contribution >= 0.6 is 15.9 Å². The van der Waals surface area contributed by atoms with Crippen molar-refractivity contribution in [3.63, 3.8) is 0 Å². The molecule has 4 nitrogen and oxygen atoms in total. The fourth-order valence-electron chi connectivity index (χ4n) is 2.02. The molecule has 0 spiro atoms. The second-order valence-electron chi connectivity index (χ2n) is 4.69. The largest absolute Gasteiger partial charge is 0.522 e. The first-order valence-corrected chi connectivity index (χ1v) is 6.96. The summed E-state index contributed by atoms with van der Waals surface area (Å²) in [5.41, 5.74) is 0.543. The van der Waals surface area contributed by atoms with Gasteiger partial charge in [-0.3, -0.25) is 9.53 Å². The van der Waals surface area contributed by atoms with Gasteiger partial charge in [-0.15, -0.1) is 13.2 Å². The summed E-state index contributed by atoms with van der Waals surface area (Å²) in [7, 11) is 1.52. The second kappa shape index (κ2) is 6.23. The molecular weight excluding hydrogens is 355 g/mol. The van der Waals surface area contributed by atoms with Gasteiger partial charge in [0.25, 0.3) is 0 Å². The van der Waals surface area contributed by atoms with Crippen molar-refractivity contribution in [3.8, 4) is 5.75 Å². The lowest BCUT2D eigenvalue weighted by Gasteiger charge is -2.34. The van der Waals surface area contributed by atoms with Crippen molar-refractivity contribution in [2.24, 2.45) is 5.92 Å². The third-order valence-electron chi connectivity index (χ3n) is 3.20. The molecule has 1 aromatic carbocycles. The minimum Gasteiger partial charge on any atom is -0.497 e. The number of hydrogen-bond acceptors (Lipinski definition) is 3. The van der Waals surface area contributed by atoms with Crippen LogP contribution in [0.15, 0.2) is 22.7 Å². The lowest BCUT2D eigenvalue weighted by atomic mass is 9.81. The van der Waals surface area contributed by atoms with E-state index in [4.69, 9.17) is 4.74 Å². The molecule has 0 unspecified atom stereocenters. The smallest absolute Gasteiger partial charge is 0.497 e. The van der Waals surface area contributed by atoms with E-state index >= 15 is 0 Å². The summed E-state index contributed by atoms with van der Waals surface area (Å²) in [6, 6.07) is 5.02. The lowest BCUT2D eigenvalue weighted by Crippen LogP contribution is -2.41. The summed E-state index contributed by atoms with van der Waals surface area (Å²) in [4.78, 5) is 11.9. The molecule has 2 rings (SSSR count). The van der Waals surface area contributed by atoms with E-state index in [0.29, 0.717) is 15.9 Å². The van der Waals surface area contributed by atoms with E-state index in [1.165, 1.54) is 7.11 Å². The minimum atomic E-state index is -4.65. The van der Waals surface area contributed by atoms with Crippen LogP contribution in [0.4, 0.5) is 18.9 Å². The number of amides is 1. The van der Waals surface area contributed by atoms with E-state index < -0.39 is 18.4 Å². The Morgan fingerprint density at radius 1 is 1.38 bits per heavy atom. The van der Waals surface area contributed by atoms with Gasteiger partial charge in [-0.1, -0.05) is 0 Å². The van der Waals surface area contributed by atoms with Gasteiger partial charge < -0.3 is 10.1 Å². The van der Waals surface area contributed by atoms with Crippen LogP contribution in [0.5, 0.6) is 5.75 Å². The first-order chi connectivity index (χ1) is 9.78. The summed E-state index contributed by atoms with van der Waals surface area (Å²) in [5.74, 6) is -0.156. The van der Waals surface area contributed by atoms with Gasteiger partial charge >= 0.3 is 6.36 Å². The monoisotopic (exact) mass is 367 g/mol. The maximum absolute atomic E-state index is 12.0. The van der Waals surface area contributed by atoms with Crippen molar-refractivity contribution < 1.29 is 27.4 Å². The Morgan fingerprint density at radius 2 is 2.05 bits per heavy atom. The van der Waals surface area contributed by atoms with Crippen LogP contribution in [-0.2, 0) is 9.53 Å². The van der Waals surface area contributed by atoms with E-state index in [0.717, 1.165) is 0 Å². The fraction of sp³-hybridized carbons (Fsp3) is 0.462. The number of methoxy groups -OCH3 is 1. The van der Waals surface area contributed by atoms with Crippen molar-refractivity contribution in [3.05, 3.63) is 22.7 Å². The molecule has 0 atom stereocenters. The third-order valence-corrected chi connectivity index (χ3v) is 3.86. The van der Waals surface area contributed by atoms with Crippen molar-refractivity contribution in [2.75, 3.05) is 12.4 Å². The van der Waals surface area contributed by atoms with Crippen LogP contribution in [0.3, 0.4) is 0 Å². The molecule has 8 heteroatoms. The van der Waals surface area contributed by atoms with Gasteiger partial charge in [0.05, 0.1) is 18.9 Å². The minimum absolute atomic E-state index is 0.0686. The van der Waals surface area contributed by atoms with Crippen molar-refractivity contribution in [2.45, 2.75) is 25.3 Å². The average Bonchev–Trinajstić information content (AvgIpc) is 2.34. The number of nitrogens with one attached hydrogen (secondary N) is 1. The first-order valence-electron chi connectivity index (χ1n) is 6.17. The Morgan fingerprint density at radius 3 is 2.57 bits per heavy atom. The summed E-state index contributed by atoms with van der Waals surface area (Å²) in [6.45, 7) is 0. The maximum atomic E-state index is 12.0. The molecule has 116 valence electrons. The Balaban J connectivity index is 1.86. The summed E-state index contributed by atoms with van der Waals surface area (Å²) in [5, 5.41) is 2.67. The number of carbonyl (C=O) groups excluding carboxylic acids is 1. The predicted octanol–water partition coefficient (Wildman–Crippen LogP) is 3.71. The summed E-state index contributed by atoms with van der Waals surface area (Å²) in [6.07, 6.45) is -5.44. The van der Waals surface area contributed by atoms with E-state index in [1.807, 2.05) is 0 Å². The van der Waals surface area contributed by atoms with Gasteiger partial charge in [-0.05, 0) is 47.0 Å². The van der Waals surface area contributed by atoms with Crippen LogP contribution in [0.25, 0.3) is 0 Å². The van der Waals surface area contributed by atoms with Crippen molar-refractivity contribution in [1.29, 1.82) is 0 Å². The number of carbonyl (C=O) groups is 1. The van der Waals surface area contributed by atoms with E-state index in [-0.39, 0.29) is 18.7 Å². The molecular formula is C13H13BrF3NO3. The molecule has 0 bridgehead atoms. The zero-order valence-corrected chi connectivity index (χ0v) is 12.6. The Kier molecular flexibility index (Phi) is 4.77. The third kappa shape index (κ3) is 4.34. The van der Waals surface area contributed by atoms with Gasteiger partial charge in [-0.25, -0.2) is 0 Å². The topological polar surface area (TPSA) is 47.6 Å². The van der Waals surface area contributed by atoms with Gasteiger partial charge in [0.2, 0.25) is 5.91 Å². The molecule has 0 aliphatic heterocycles. The molecule has 0 heterocycles. The van der Waals surface area contributed by atoms with Crippen LogP contribution in [0, 0.1) is 5.92 Å². The molecule has 0 saturated heterocycles. The van der Waals surface area contributed by atoms with E-state index in [1.54, 1.807) is 18.2 Å². The molecule has 0 radical (unpaired) electrons. The standard InChI is InChI=1S/C13H13BrF3NO3/c1-20-8-2-3-11(10(14)6-8)18-12(19)7-4-9(5-7)21-13(15,16)17/h2-3,6-7,9H,4-5H2,1H3,(H,18,19). The Bertz CT molecular complexity index is 530. The molecule has 1 aliphatic carbocycles. The maximum Gasteiger partial charge on any atom is 0.522 e. The zero-order chi connectivity index (χ0) is 15.6. The number of halogens is 4. The molecule has 1 amide bonds. The number of alkyl halides is 3. The van der Waals surface area contributed by atoms with Crippen LogP contribution in [0.1, 0.15) is 12.8 Å². The number of anilines is 1. The molecule has 1 fully saturated rings. The highest BCUT2D eigenvalue weighted by molar-refractivity contribution is 9.10. The van der Waals surface area contributed by atoms with Crippen molar-refractivity contribution >= 4 is 27.5 Å². The summed E-state index contributed by atoms with van der Waals surface area (Å²) >= 11 is 3.29. The summed E-state index contributed by atoms with van der Waals surface area (Å²) < 4.78 is 45.5. The number of hydrogen-bond donors (Lipinski definition) is 1. The predicted molar refractivity (Wildman–Crippen MR) is 73.0 cm³/mol. The van der Waals surface area contributed by atoms with Gasteiger partial charge in [-0.2, -0.15) is 0 Å². The number of ether oxygens (including phenoxy) is 2. The molecule has 1 aliphatic rings. The van der Waals surface area contributed by atoms with Crippen LogP contribution < -0.4 is 10.1 Å². The van der Waals surface area contributed by atoms with Crippen molar-refractivity contribution in [1.82, 2.24) is 0 Å². The molecule has 1 N–H and O–H groups in total. The van der Waals surface area contributed by atoms with Gasteiger partial charge in [0.15, 0.2) is 0 Å². The van der Waals surface area contributed by atoms with Gasteiger partial charge in [0, 0.05) is 10.4 Å². The Labute approximate surface area is 127 Å². The molecule has 1 saturated carbocycles. The highest BCUT2D eigenvalue weighted by Gasteiger charge is 2.42. The molecule has 21 heavy (non-hydrogen) atoms. The van der Waals surface area contributed by atoms with Gasteiger partial charge in [0.1, 0.15) is 5.75 Å². The highest BCUT2D eigenvalue weighted by Crippen LogP contribution is 2.36. The quantitative estimate of drug-likeness (QED) is 0.882. The van der Waals surface area contributed by atoms with E-state index in [2.05, 4.69) is 26.0 Å². The molecule has 0 aromatic heterocycles.